The Morgan fingerprint density at radius 2 is 1.68 bits per heavy atom. The van der Waals surface area contributed by atoms with Crippen LogP contribution >= 0.6 is 0 Å². The summed E-state index contributed by atoms with van der Waals surface area (Å²) in [5.41, 5.74) is 12.2. The fraction of sp³-hybridized carbons (Fsp3) is 0.571. The lowest BCUT2D eigenvalue weighted by atomic mass is 9.85. The molecule has 0 heterocycles. The maximum Gasteiger partial charge on any atom is 0.226 e. The molecule has 0 aliphatic heterocycles. The fourth-order valence-corrected chi connectivity index (χ4v) is 3.16. The predicted octanol–water partition coefficient (Wildman–Crippen LogP) is 0.573. The second-order valence-corrected chi connectivity index (χ2v) is 7.23. The topological polar surface area (TPSA) is 136 Å². The van der Waals surface area contributed by atoms with Crippen LogP contribution in [-0.4, -0.2) is 47.8 Å². The van der Waals surface area contributed by atoms with Crippen molar-refractivity contribution in [3.8, 4) is 0 Å². The minimum atomic E-state index is -1.02. The van der Waals surface area contributed by atoms with Gasteiger partial charge in [-0.3, -0.25) is 14.4 Å². The molecule has 28 heavy (non-hydrogen) atoms. The zero-order valence-corrected chi connectivity index (χ0v) is 16.8. The zero-order valence-electron chi connectivity index (χ0n) is 16.8. The number of aliphatic hydroxyl groups is 1. The Balaban J connectivity index is 2.85. The molecule has 0 aromatic heterocycles. The van der Waals surface area contributed by atoms with Crippen LogP contribution in [0.5, 0.6) is 0 Å². The summed E-state index contributed by atoms with van der Waals surface area (Å²) in [6.45, 7) is 3.45. The molecule has 0 spiro atoms. The van der Waals surface area contributed by atoms with Gasteiger partial charge in [0.2, 0.25) is 5.91 Å². The van der Waals surface area contributed by atoms with Crippen molar-refractivity contribution < 1.29 is 19.5 Å². The Labute approximate surface area is 166 Å². The van der Waals surface area contributed by atoms with Crippen molar-refractivity contribution in [2.75, 3.05) is 13.1 Å². The van der Waals surface area contributed by atoms with Crippen LogP contribution in [0.3, 0.4) is 0 Å². The van der Waals surface area contributed by atoms with E-state index in [2.05, 4.69) is 5.32 Å². The lowest BCUT2D eigenvalue weighted by molar-refractivity contribution is -0.136. The third-order valence-corrected chi connectivity index (χ3v) is 4.90. The summed E-state index contributed by atoms with van der Waals surface area (Å²) in [6, 6.07) is 8.90. The Morgan fingerprint density at radius 3 is 2.18 bits per heavy atom. The smallest absolute Gasteiger partial charge is 0.226 e. The summed E-state index contributed by atoms with van der Waals surface area (Å²) < 4.78 is 0. The molecule has 1 amide bonds. The molecule has 0 fully saturated rings. The molecule has 7 nitrogen and oxygen atoms in total. The average Bonchev–Trinajstić information content (AvgIpc) is 2.65. The van der Waals surface area contributed by atoms with E-state index in [4.69, 9.17) is 11.5 Å². The number of hydrogen-bond acceptors (Lipinski definition) is 6. The summed E-state index contributed by atoms with van der Waals surface area (Å²) in [7, 11) is 0. The highest BCUT2D eigenvalue weighted by Gasteiger charge is 2.31. The van der Waals surface area contributed by atoms with Gasteiger partial charge in [0.15, 0.2) is 5.78 Å². The van der Waals surface area contributed by atoms with Crippen LogP contribution in [0.25, 0.3) is 0 Å². The molecule has 6 N–H and O–H groups in total. The summed E-state index contributed by atoms with van der Waals surface area (Å²) >= 11 is 0. The van der Waals surface area contributed by atoms with E-state index in [1.165, 1.54) is 13.8 Å². The van der Waals surface area contributed by atoms with Crippen molar-refractivity contribution in [3.05, 3.63) is 35.9 Å². The number of rotatable bonds is 13. The number of amides is 1. The Kier molecular flexibility index (Phi) is 10.6. The number of nitrogens with two attached hydrogens (primary N) is 2. The van der Waals surface area contributed by atoms with Crippen molar-refractivity contribution in [3.63, 3.8) is 0 Å². The van der Waals surface area contributed by atoms with Gasteiger partial charge in [-0.25, -0.2) is 0 Å². The molecule has 0 aliphatic rings. The molecule has 1 unspecified atom stereocenters. The predicted molar refractivity (Wildman–Crippen MR) is 108 cm³/mol. The van der Waals surface area contributed by atoms with Crippen LogP contribution in [0.15, 0.2) is 30.3 Å². The first-order valence-electron chi connectivity index (χ1n) is 9.75. The first-order chi connectivity index (χ1) is 13.3. The number of carbonyl (C=O) groups excluding carboxylic acids is 3. The molecule has 1 aromatic carbocycles. The number of aliphatic hydroxyl groups excluding tert-OH is 1. The Morgan fingerprint density at radius 1 is 1.07 bits per heavy atom. The summed E-state index contributed by atoms with van der Waals surface area (Å²) in [5.74, 6) is -2.09. The maximum atomic E-state index is 12.9. The number of carbonyl (C=O) groups is 3. The number of nitrogens with one attached hydrogen (secondary N) is 1. The van der Waals surface area contributed by atoms with E-state index in [1.807, 2.05) is 30.3 Å². The average molecular weight is 392 g/mol. The summed E-state index contributed by atoms with van der Waals surface area (Å²) in [6.07, 6.45) is 0.226. The van der Waals surface area contributed by atoms with E-state index in [9.17, 15) is 19.5 Å². The third-order valence-electron chi connectivity index (χ3n) is 4.90. The van der Waals surface area contributed by atoms with Crippen LogP contribution in [0.2, 0.25) is 0 Å². The quantitative estimate of drug-likeness (QED) is 0.388. The van der Waals surface area contributed by atoms with E-state index in [1.54, 1.807) is 0 Å². The van der Waals surface area contributed by atoms with Gasteiger partial charge in [-0.15, -0.1) is 0 Å². The molecule has 0 saturated heterocycles. The SMILES string of the molecule is CC(=O)[C@H](CCN)NC(=O)[C@@H](CC(=O)C(CCN)Cc1ccccc1)[C@H](C)O. The third kappa shape index (κ3) is 7.88. The largest absolute Gasteiger partial charge is 0.393 e. The molecule has 7 heteroatoms. The second-order valence-electron chi connectivity index (χ2n) is 7.23. The van der Waals surface area contributed by atoms with Gasteiger partial charge in [0.05, 0.1) is 18.1 Å². The van der Waals surface area contributed by atoms with Crippen LogP contribution in [-0.2, 0) is 20.8 Å². The molecule has 4 atom stereocenters. The lowest BCUT2D eigenvalue weighted by Gasteiger charge is -2.24. The summed E-state index contributed by atoms with van der Waals surface area (Å²) in [4.78, 5) is 37.1. The molecule has 1 rings (SSSR count). The van der Waals surface area contributed by atoms with E-state index in [-0.39, 0.29) is 30.4 Å². The fourth-order valence-electron chi connectivity index (χ4n) is 3.16. The van der Waals surface area contributed by atoms with Crippen LogP contribution in [0.4, 0.5) is 0 Å². The van der Waals surface area contributed by atoms with Crippen LogP contribution in [0, 0.1) is 11.8 Å². The van der Waals surface area contributed by atoms with Gasteiger partial charge < -0.3 is 21.9 Å². The van der Waals surface area contributed by atoms with Crippen molar-refractivity contribution in [2.45, 2.75) is 51.7 Å². The number of benzene rings is 1. The number of Topliss-reactive ketones (excluding diaryl/α,β-unsaturated/α-hetero) is 2. The standard InChI is InChI=1S/C21H33N3O4/c1-14(25)18(21(28)24-19(9-11-23)15(2)26)13-20(27)17(8-10-22)12-16-6-4-3-5-7-16/h3-7,14,17-19,25H,8-13,22-23H2,1-2H3,(H,24,28)/t14-,17?,18-,19-/m0/s1. The molecule has 0 radical (unpaired) electrons. The first kappa shape index (κ1) is 23.9. The molecule has 0 saturated carbocycles. The van der Waals surface area contributed by atoms with E-state index < -0.39 is 24.0 Å². The van der Waals surface area contributed by atoms with Gasteiger partial charge >= 0.3 is 0 Å². The van der Waals surface area contributed by atoms with Gasteiger partial charge in [-0.05, 0) is 51.8 Å². The van der Waals surface area contributed by atoms with E-state index in [0.29, 0.717) is 25.8 Å². The van der Waals surface area contributed by atoms with Crippen molar-refractivity contribution in [1.82, 2.24) is 5.32 Å². The number of ketones is 2. The van der Waals surface area contributed by atoms with Crippen LogP contribution in [0.1, 0.15) is 38.7 Å². The van der Waals surface area contributed by atoms with Gasteiger partial charge in [0.25, 0.3) is 0 Å². The van der Waals surface area contributed by atoms with Crippen LogP contribution < -0.4 is 16.8 Å². The molecule has 156 valence electrons. The Hall–Kier alpha value is -2.09. The number of hydrogen-bond donors (Lipinski definition) is 4. The lowest BCUT2D eigenvalue weighted by Crippen LogP contribution is -2.47. The second kappa shape index (κ2) is 12.4. The van der Waals surface area contributed by atoms with Gasteiger partial charge in [0, 0.05) is 12.3 Å². The van der Waals surface area contributed by atoms with E-state index >= 15 is 0 Å². The van der Waals surface area contributed by atoms with E-state index in [0.717, 1.165) is 5.56 Å². The maximum absolute atomic E-state index is 12.9. The highest BCUT2D eigenvalue weighted by Crippen LogP contribution is 2.20. The van der Waals surface area contributed by atoms with Gasteiger partial charge in [-0.2, -0.15) is 0 Å². The molecule has 0 bridgehead atoms. The monoisotopic (exact) mass is 391 g/mol. The highest BCUT2D eigenvalue weighted by molar-refractivity contribution is 5.91. The van der Waals surface area contributed by atoms with Crippen molar-refractivity contribution >= 4 is 17.5 Å². The van der Waals surface area contributed by atoms with Crippen molar-refractivity contribution in [2.24, 2.45) is 23.3 Å². The molecule has 1 aromatic rings. The minimum absolute atomic E-state index is 0.103. The first-order valence-corrected chi connectivity index (χ1v) is 9.75. The van der Waals surface area contributed by atoms with Crippen molar-refractivity contribution in [1.29, 1.82) is 0 Å². The summed E-state index contributed by atoms with van der Waals surface area (Å²) in [5, 5.41) is 12.7. The molecular weight excluding hydrogens is 358 g/mol. The van der Waals surface area contributed by atoms with Gasteiger partial charge in [0.1, 0.15) is 5.78 Å². The normalized spacial score (nSPS) is 15.3. The highest BCUT2D eigenvalue weighted by atomic mass is 16.3. The zero-order chi connectivity index (χ0) is 21.1. The molecule has 0 aliphatic carbocycles. The van der Waals surface area contributed by atoms with Gasteiger partial charge in [-0.1, -0.05) is 30.3 Å². The Bertz CT molecular complexity index is 634. The minimum Gasteiger partial charge on any atom is -0.393 e. The molecular formula is C21H33N3O4.